The largest absolute Gasteiger partial charge is 0.391 e. The average Bonchev–Trinajstić information content (AvgIpc) is 3.64. The van der Waals surface area contributed by atoms with Crippen LogP contribution in [0.5, 0.6) is 0 Å². The topological polar surface area (TPSA) is 113 Å². The van der Waals surface area contributed by atoms with Crippen LogP contribution in [0.3, 0.4) is 0 Å². The third-order valence-electron chi connectivity index (χ3n) is 8.14. The zero-order valence-electron chi connectivity index (χ0n) is 22.1. The Labute approximate surface area is 223 Å². The molecular weight excluding hydrogens is 480 g/mol. The van der Waals surface area contributed by atoms with Crippen LogP contribution in [0.25, 0.3) is 16.8 Å². The number of aryl methyl sites for hydroxylation is 1. The van der Waals surface area contributed by atoms with Gasteiger partial charge >= 0.3 is 0 Å². The second-order valence-electron chi connectivity index (χ2n) is 11.1. The predicted octanol–water partition coefficient (Wildman–Crippen LogP) is 4.15. The molecule has 2 aliphatic carbocycles. The number of aliphatic hydroxyl groups excluding tert-OH is 1. The van der Waals surface area contributed by atoms with Gasteiger partial charge in [0.05, 0.1) is 18.3 Å². The molecule has 1 saturated heterocycles. The maximum Gasteiger partial charge on any atom is 0.251 e. The summed E-state index contributed by atoms with van der Waals surface area (Å²) in [5, 5.41) is 25.5. The lowest BCUT2D eigenvalue weighted by molar-refractivity contribution is 0.0699. The van der Waals surface area contributed by atoms with Crippen LogP contribution in [0.1, 0.15) is 67.3 Å². The minimum absolute atomic E-state index is 0.00772. The lowest BCUT2D eigenvalue weighted by atomic mass is 9.92. The minimum Gasteiger partial charge on any atom is -0.391 e. The van der Waals surface area contributed by atoms with Crippen molar-refractivity contribution in [2.24, 2.45) is 5.92 Å². The van der Waals surface area contributed by atoms with Crippen molar-refractivity contribution in [2.45, 2.75) is 76.5 Å². The first-order valence-corrected chi connectivity index (χ1v) is 14.1. The van der Waals surface area contributed by atoms with Crippen LogP contribution in [0.15, 0.2) is 30.5 Å². The van der Waals surface area contributed by atoms with Gasteiger partial charge in [0.25, 0.3) is 5.91 Å². The first kappa shape index (κ1) is 25.1. The molecule has 38 heavy (non-hydrogen) atoms. The zero-order chi connectivity index (χ0) is 26.1. The van der Waals surface area contributed by atoms with Crippen molar-refractivity contribution >= 4 is 23.2 Å². The molecule has 0 unspecified atom stereocenters. The van der Waals surface area contributed by atoms with Crippen molar-refractivity contribution in [1.29, 1.82) is 0 Å². The molecular formula is C29H38N6O3. The van der Waals surface area contributed by atoms with Gasteiger partial charge < -0.3 is 25.8 Å². The van der Waals surface area contributed by atoms with Gasteiger partial charge in [-0.1, -0.05) is 25.0 Å². The molecule has 2 aromatic heterocycles. The Hall–Kier alpha value is -3.17. The SMILES string of the molecule is Cc1cc(-c2cnn3c(NCC4CCOCC4)cc(N[C@H]4CCCC[C@H]4O)nc23)ccc1C(=O)NC1CC1. The van der Waals surface area contributed by atoms with Gasteiger partial charge in [-0.05, 0) is 68.6 Å². The number of hydrogen-bond acceptors (Lipinski definition) is 7. The number of hydrogen-bond donors (Lipinski definition) is 4. The van der Waals surface area contributed by atoms with E-state index in [4.69, 9.17) is 14.8 Å². The Bertz CT molecular complexity index is 1300. The number of nitrogens with zero attached hydrogens (tertiary/aromatic N) is 3. The monoisotopic (exact) mass is 518 g/mol. The van der Waals surface area contributed by atoms with Gasteiger partial charge in [0, 0.05) is 43.0 Å². The molecule has 3 aromatic rings. The Kier molecular flexibility index (Phi) is 7.21. The molecule has 9 nitrogen and oxygen atoms in total. The zero-order valence-corrected chi connectivity index (χ0v) is 22.1. The first-order chi connectivity index (χ1) is 18.5. The number of benzene rings is 1. The van der Waals surface area contributed by atoms with E-state index in [0.717, 1.165) is 105 Å². The molecule has 3 fully saturated rings. The van der Waals surface area contributed by atoms with Crippen molar-refractivity contribution in [3.8, 4) is 11.1 Å². The highest BCUT2D eigenvalue weighted by Crippen LogP contribution is 2.31. The van der Waals surface area contributed by atoms with Crippen LogP contribution in [-0.2, 0) is 4.74 Å². The molecule has 0 radical (unpaired) electrons. The van der Waals surface area contributed by atoms with Gasteiger partial charge in [0.2, 0.25) is 0 Å². The van der Waals surface area contributed by atoms with Crippen LogP contribution >= 0.6 is 0 Å². The number of amides is 1. The molecule has 3 heterocycles. The van der Waals surface area contributed by atoms with Crippen LogP contribution in [0.2, 0.25) is 0 Å². The molecule has 202 valence electrons. The first-order valence-electron chi connectivity index (χ1n) is 14.1. The second-order valence-corrected chi connectivity index (χ2v) is 11.1. The summed E-state index contributed by atoms with van der Waals surface area (Å²) in [6.07, 6.45) is 9.60. The van der Waals surface area contributed by atoms with Crippen LogP contribution < -0.4 is 16.0 Å². The molecule has 0 bridgehead atoms. The normalized spacial score (nSPS) is 22.4. The third kappa shape index (κ3) is 5.49. The summed E-state index contributed by atoms with van der Waals surface area (Å²) in [6.45, 7) is 4.44. The van der Waals surface area contributed by atoms with Crippen molar-refractivity contribution in [2.75, 3.05) is 30.4 Å². The average molecular weight is 519 g/mol. The fourth-order valence-corrected chi connectivity index (χ4v) is 5.61. The van der Waals surface area contributed by atoms with Gasteiger partial charge in [0.1, 0.15) is 11.6 Å². The number of anilines is 2. The fourth-order valence-electron chi connectivity index (χ4n) is 5.61. The van der Waals surface area contributed by atoms with Crippen LogP contribution in [-0.4, -0.2) is 63.6 Å². The third-order valence-corrected chi connectivity index (χ3v) is 8.14. The second kappa shape index (κ2) is 10.9. The molecule has 9 heteroatoms. The molecule has 4 N–H and O–H groups in total. The number of rotatable bonds is 8. The van der Waals surface area contributed by atoms with Gasteiger partial charge in [-0.25, -0.2) is 4.98 Å². The Morgan fingerprint density at radius 2 is 1.92 bits per heavy atom. The number of fused-ring (bicyclic) bond motifs is 1. The molecule has 1 aromatic carbocycles. The van der Waals surface area contributed by atoms with Crippen LogP contribution in [0.4, 0.5) is 11.6 Å². The van der Waals surface area contributed by atoms with E-state index in [1.165, 1.54) is 0 Å². The van der Waals surface area contributed by atoms with E-state index in [2.05, 4.69) is 16.0 Å². The number of ether oxygens (including phenoxy) is 1. The van der Waals surface area contributed by atoms with Gasteiger partial charge in [-0.15, -0.1) is 0 Å². The fraction of sp³-hybridized carbons (Fsp3) is 0.552. The molecule has 6 rings (SSSR count). The maximum atomic E-state index is 12.6. The van der Waals surface area contributed by atoms with Crippen LogP contribution in [0, 0.1) is 12.8 Å². The molecule has 1 amide bonds. The Balaban J connectivity index is 1.32. The number of carbonyl (C=O) groups excluding carboxylic acids is 1. The Morgan fingerprint density at radius 1 is 1.11 bits per heavy atom. The lowest BCUT2D eigenvalue weighted by Gasteiger charge is -2.29. The van der Waals surface area contributed by atoms with Gasteiger partial charge in [-0.2, -0.15) is 9.61 Å². The van der Waals surface area contributed by atoms with Gasteiger partial charge in [-0.3, -0.25) is 4.79 Å². The summed E-state index contributed by atoms with van der Waals surface area (Å²) in [4.78, 5) is 17.6. The maximum absolute atomic E-state index is 12.6. The van der Waals surface area contributed by atoms with Crippen molar-refractivity contribution in [1.82, 2.24) is 19.9 Å². The van der Waals surface area contributed by atoms with E-state index in [1.54, 1.807) is 0 Å². The highest BCUT2D eigenvalue weighted by atomic mass is 16.5. The number of carbonyl (C=O) groups is 1. The Morgan fingerprint density at radius 3 is 2.68 bits per heavy atom. The summed E-state index contributed by atoms with van der Waals surface area (Å²) in [5.74, 6) is 2.15. The van der Waals surface area contributed by atoms with Gasteiger partial charge in [0.15, 0.2) is 5.65 Å². The van der Waals surface area contributed by atoms with E-state index in [0.29, 0.717) is 17.5 Å². The smallest absolute Gasteiger partial charge is 0.251 e. The quantitative estimate of drug-likeness (QED) is 0.354. The highest BCUT2D eigenvalue weighted by Gasteiger charge is 2.26. The number of aliphatic hydroxyl groups is 1. The minimum atomic E-state index is -0.373. The van der Waals surface area contributed by atoms with E-state index >= 15 is 0 Å². The highest BCUT2D eigenvalue weighted by molar-refractivity contribution is 5.97. The van der Waals surface area contributed by atoms with E-state index < -0.39 is 0 Å². The summed E-state index contributed by atoms with van der Waals surface area (Å²) < 4.78 is 7.39. The van der Waals surface area contributed by atoms with E-state index in [9.17, 15) is 9.90 Å². The molecule has 0 spiro atoms. The van der Waals surface area contributed by atoms with Crippen molar-refractivity contribution in [3.05, 3.63) is 41.6 Å². The van der Waals surface area contributed by atoms with Crippen molar-refractivity contribution < 1.29 is 14.6 Å². The molecule has 1 aliphatic heterocycles. The predicted molar refractivity (Wildman–Crippen MR) is 148 cm³/mol. The van der Waals surface area contributed by atoms with E-state index in [1.807, 2.05) is 41.9 Å². The lowest BCUT2D eigenvalue weighted by Crippen LogP contribution is -2.36. The molecule has 2 saturated carbocycles. The summed E-state index contributed by atoms with van der Waals surface area (Å²) >= 11 is 0. The van der Waals surface area contributed by atoms with E-state index in [-0.39, 0.29) is 18.1 Å². The summed E-state index contributed by atoms with van der Waals surface area (Å²) in [6, 6.07) is 8.23. The standard InChI is InChI=1S/C29H38N6O3/c1-18-14-20(6-9-22(18)29(37)32-21-7-8-21)23-17-31-35-27(30-16-19-10-12-38-13-11-19)15-26(34-28(23)35)33-24-4-2-3-5-25(24)36/h6,9,14-15,17,19,21,24-25,30,36H,2-5,7-8,10-13,16H2,1H3,(H,32,37)(H,33,34)/t24-,25+/m0/s1. The van der Waals surface area contributed by atoms with Crippen molar-refractivity contribution in [3.63, 3.8) is 0 Å². The number of nitrogens with one attached hydrogen (secondary N) is 3. The summed E-state index contributed by atoms with van der Waals surface area (Å²) in [5.41, 5.74) is 4.25. The molecule has 3 aliphatic rings. The number of aromatic nitrogens is 3. The summed E-state index contributed by atoms with van der Waals surface area (Å²) in [7, 11) is 0. The molecule has 2 atom stereocenters.